The zero-order valence-corrected chi connectivity index (χ0v) is 14.6. The maximum atomic E-state index is 12.2. The molecule has 22 heavy (non-hydrogen) atoms. The first-order valence-corrected chi connectivity index (χ1v) is 8.29. The minimum Gasteiger partial charge on any atom is -0.352 e. The maximum absolute atomic E-state index is 12.2. The molecule has 0 aliphatic heterocycles. The largest absolute Gasteiger partial charge is 0.352 e. The summed E-state index contributed by atoms with van der Waals surface area (Å²) in [5.41, 5.74) is 1.01. The highest BCUT2D eigenvalue weighted by molar-refractivity contribution is 9.10. The number of benzene rings is 1. The van der Waals surface area contributed by atoms with Crippen LogP contribution in [0.4, 0.5) is 0 Å². The first-order chi connectivity index (χ1) is 10.5. The lowest BCUT2D eigenvalue weighted by Gasteiger charge is -2.11. The van der Waals surface area contributed by atoms with Gasteiger partial charge in [-0.15, -0.1) is 0 Å². The highest BCUT2D eigenvalue weighted by Crippen LogP contribution is 2.21. The molecule has 0 unspecified atom stereocenters. The Morgan fingerprint density at radius 3 is 2.41 bits per heavy atom. The molecule has 0 saturated heterocycles. The van der Waals surface area contributed by atoms with Gasteiger partial charge in [-0.25, -0.2) is 0 Å². The molecular weight excluding hydrogens is 346 g/mol. The Morgan fingerprint density at radius 1 is 1.18 bits per heavy atom. The van der Waals surface area contributed by atoms with Gasteiger partial charge >= 0.3 is 0 Å². The summed E-state index contributed by atoms with van der Waals surface area (Å²) in [4.78, 5) is 26.3. The van der Waals surface area contributed by atoms with Crippen molar-refractivity contribution in [3.63, 3.8) is 0 Å². The third-order valence-corrected chi connectivity index (χ3v) is 3.86. The van der Waals surface area contributed by atoms with Crippen LogP contribution in [-0.4, -0.2) is 49.9 Å². The fourth-order valence-electron chi connectivity index (χ4n) is 2.05. The normalized spacial score (nSPS) is 14.0. The highest BCUT2D eigenvalue weighted by Gasteiger charge is 2.24. The minimum atomic E-state index is -0.152. The van der Waals surface area contributed by atoms with E-state index in [9.17, 15) is 9.59 Å². The molecule has 6 heteroatoms. The van der Waals surface area contributed by atoms with Crippen molar-refractivity contribution in [1.82, 2.24) is 15.5 Å². The Bertz CT molecular complexity index is 556. The predicted molar refractivity (Wildman–Crippen MR) is 90.1 cm³/mol. The molecule has 1 fully saturated rings. The van der Waals surface area contributed by atoms with E-state index in [0.29, 0.717) is 23.7 Å². The number of hydrogen-bond acceptors (Lipinski definition) is 3. The summed E-state index contributed by atoms with van der Waals surface area (Å²) in [7, 11) is 4.00. The number of nitrogens with one attached hydrogen (secondary N) is 2. The molecule has 0 atom stereocenters. The molecule has 1 saturated carbocycles. The maximum Gasteiger partial charge on any atom is 0.251 e. The zero-order valence-electron chi connectivity index (χ0n) is 13.0. The third-order valence-electron chi connectivity index (χ3n) is 3.40. The average molecular weight is 368 g/mol. The molecule has 2 amide bonds. The van der Waals surface area contributed by atoms with Gasteiger partial charge in [0.2, 0.25) is 0 Å². The van der Waals surface area contributed by atoms with Crippen LogP contribution in [0.3, 0.4) is 0 Å². The smallest absolute Gasteiger partial charge is 0.251 e. The predicted octanol–water partition coefficient (Wildman–Crippen LogP) is 2.02. The van der Waals surface area contributed by atoms with Crippen molar-refractivity contribution in [1.29, 1.82) is 0 Å². The Labute approximate surface area is 139 Å². The number of hydrogen-bond donors (Lipinski definition) is 2. The van der Waals surface area contributed by atoms with E-state index in [1.807, 2.05) is 14.1 Å². The molecule has 2 rings (SSSR count). The molecule has 1 aromatic carbocycles. The molecule has 0 bridgehead atoms. The van der Waals surface area contributed by atoms with Crippen LogP contribution in [0.25, 0.3) is 0 Å². The number of carbonyl (C=O) groups excluding carboxylic acids is 2. The van der Waals surface area contributed by atoms with Crippen LogP contribution in [0, 0.1) is 0 Å². The van der Waals surface area contributed by atoms with Crippen molar-refractivity contribution >= 4 is 27.7 Å². The first-order valence-electron chi connectivity index (χ1n) is 7.50. The van der Waals surface area contributed by atoms with Crippen LogP contribution in [0.15, 0.2) is 22.7 Å². The molecule has 1 aromatic rings. The summed E-state index contributed by atoms with van der Waals surface area (Å²) in [6, 6.07) is 5.41. The quantitative estimate of drug-likeness (QED) is 0.724. The van der Waals surface area contributed by atoms with Crippen molar-refractivity contribution in [2.45, 2.75) is 25.3 Å². The third kappa shape index (κ3) is 5.42. The second kappa shape index (κ2) is 7.74. The van der Waals surface area contributed by atoms with E-state index in [4.69, 9.17) is 0 Å². The van der Waals surface area contributed by atoms with Crippen molar-refractivity contribution in [2.75, 3.05) is 27.2 Å². The van der Waals surface area contributed by atoms with E-state index < -0.39 is 0 Å². The molecule has 1 aliphatic carbocycles. The molecule has 0 radical (unpaired) electrons. The van der Waals surface area contributed by atoms with Crippen LogP contribution >= 0.6 is 15.9 Å². The van der Waals surface area contributed by atoms with Gasteiger partial charge in [0.1, 0.15) is 0 Å². The number of halogens is 1. The van der Waals surface area contributed by atoms with Crippen LogP contribution < -0.4 is 10.6 Å². The summed E-state index contributed by atoms with van der Waals surface area (Å²) in [5, 5.41) is 5.81. The van der Waals surface area contributed by atoms with Crippen molar-refractivity contribution < 1.29 is 9.59 Å². The van der Waals surface area contributed by atoms with E-state index in [1.165, 1.54) is 0 Å². The summed E-state index contributed by atoms with van der Waals surface area (Å²) in [6.45, 7) is 1.54. The van der Waals surface area contributed by atoms with Crippen LogP contribution in [0.5, 0.6) is 0 Å². The van der Waals surface area contributed by atoms with Crippen molar-refractivity contribution in [2.24, 2.45) is 0 Å². The zero-order chi connectivity index (χ0) is 16.1. The van der Waals surface area contributed by atoms with Gasteiger partial charge in [0.15, 0.2) is 0 Å². The average Bonchev–Trinajstić information content (AvgIpc) is 3.26. The van der Waals surface area contributed by atoms with Crippen LogP contribution in [0.2, 0.25) is 0 Å². The van der Waals surface area contributed by atoms with E-state index in [1.54, 1.807) is 18.2 Å². The topological polar surface area (TPSA) is 61.4 Å². The van der Waals surface area contributed by atoms with Gasteiger partial charge in [-0.1, -0.05) is 15.9 Å². The fraction of sp³-hybridized carbons (Fsp3) is 0.500. The Hall–Kier alpha value is -1.40. The SMILES string of the molecule is CN(C)CCCNC(=O)c1cc(Br)cc(C(=O)NC2CC2)c1. The monoisotopic (exact) mass is 367 g/mol. The van der Waals surface area contributed by atoms with Gasteiger partial charge in [0.05, 0.1) is 0 Å². The summed E-state index contributed by atoms with van der Waals surface area (Å²) in [5.74, 6) is -0.272. The van der Waals surface area contributed by atoms with Crippen molar-refractivity contribution in [3.8, 4) is 0 Å². The Balaban J connectivity index is 1.95. The number of rotatable bonds is 7. The molecule has 120 valence electrons. The van der Waals surface area contributed by atoms with Gasteiger partial charge in [-0.2, -0.15) is 0 Å². The van der Waals surface area contributed by atoms with E-state index in [2.05, 4.69) is 31.5 Å². The molecule has 0 spiro atoms. The summed E-state index contributed by atoms with van der Waals surface area (Å²) >= 11 is 3.37. The molecular formula is C16H22BrN3O2. The molecule has 5 nitrogen and oxygen atoms in total. The van der Waals surface area contributed by atoms with Gasteiger partial charge in [-0.05, 0) is 58.1 Å². The molecule has 0 heterocycles. The second-order valence-electron chi connectivity index (χ2n) is 5.89. The molecule has 0 aromatic heterocycles. The minimum absolute atomic E-state index is 0.120. The molecule has 2 N–H and O–H groups in total. The van der Waals surface area contributed by atoms with E-state index in [-0.39, 0.29) is 11.8 Å². The summed E-state index contributed by atoms with van der Waals surface area (Å²) in [6.07, 6.45) is 2.97. The van der Waals surface area contributed by atoms with E-state index in [0.717, 1.165) is 30.3 Å². The lowest BCUT2D eigenvalue weighted by Crippen LogP contribution is -2.28. The number of nitrogens with zero attached hydrogens (tertiary/aromatic N) is 1. The highest BCUT2D eigenvalue weighted by atomic mass is 79.9. The Kier molecular flexibility index (Phi) is 5.97. The fourth-order valence-corrected chi connectivity index (χ4v) is 2.54. The Morgan fingerprint density at radius 2 is 1.82 bits per heavy atom. The summed E-state index contributed by atoms with van der Waals surface area (Å²) < 4.78 is 0.731. The van der Waals surface area contributed by atoms with Gasteiger partial charge in [-0.3, -0.25) is 9.59 Å². The van der Waals surface area contributed by atoms with Crippen LogP contribution in [0.1, 0.15) is 40.0 Å². The lowest BCUT2D eigenvalue weighted by atomic mass is 10.1. The van der Waals surface area contributed by atoms with E-state index >= 15 is 0 Å². The lowest BCUT2D eigenvalue weighted by molar-refractivity contribution is 0.0950. The van der Waals surface area contributed by atoms with Gasteiger partial charge in [0, 0.05) is 28.2 Å². The number of carbonyl (C=O) groups is 2. The first kappa shape index (κ1) is 17.0. The number of amides is 2. The van der Waals surface area contributed by atoms with Crippen LogP contribution in [-0.2, 0) is 0 Å². The van der Waals surface area contributed by atoms with Gasteiger partial charge in [0.25, 0.3) is 11.8 Å². The van der Waals surface area contributed by atoms with Gasteiger partial charge < -0.3 is 15.5 Å². The standard InChI is InChI=1S/C16H22BrN3O2/c1-20(2)7-3-6-18-15(21)11-8-12(10-13(17)9-11)16(22)19-14-4-5-14/h8-10,14H,3-7H2,1-2H3,(H,18,21)(H,19,22). The molecule has 1 aliphatic rings. The van der Waals surface area contributed by atoms with Crippen molar-refractivity contribution in [3.05, 3.63) is 33.8 Å². The second-order valence-corrected chi connectivity index (χ2v) is 6.80.